The lowest BCUT2D eigenvalue weighted by atomic mass is 10.1. The topological polar surface area (TPSA) is 50.4 Å². The molecule has 0 saturated carbocycles. The van der Waals surface area contributed by atoms with Crippen LogP contribution >= 0.6 is 0 Å². The number of carbonyl (C=O) groups is 1. The van der Waals surface area contributed by atoms with E-state index in [1.165, 1.54) is 11.1 Å². The summed E-state index contributed by atoms with van der Waals surface area (Å²) >= 11 is 0. The van der Waals surface area contributed by atoms with Crippen molar-refractivity contribution in [3.63, 3.8) is 0 Å². The van der Waals surface area contributed by atoms with Crippen molar-refractivity contribution in [2.24, 2.45) is 0 Å². The van der Waals surface area contributed by atoms with Crippen LogP contribution in [-0.2, 0) is 17.6 Å². The summed E-state index contributed by atoms with van der Waals surface area (Å²) in [6.07, 6.45) is 2.85. The van der Waals surface area contributed by atoms with Gasteiger partial charge in [0, 0.05) is 18.2 Å². The molecular weight excluding hydrogens is 300 g/mol. The highest BCUT2D eigenvalue weighted by Gasteiger charge is 2.12. The fraction of sp³-hybridized carbons (Fsp3) is 0.350. The van der Waals surface area contributed by atoms with Gasteiger partial charge in [0.2, 0.25) is 5.91 Å². The summed E-state index contributed by atoms with van der Waals surface area (Å²) < 4.78 is 5.49. The zero-order valence-corrected chi connectivity index (χ0v) is 14.0. The van der Waals surface area contributed by atoms with Crippen LogP contribution in [-0.4, -0.2) is 25.1 Å². The molecule has 126 valence electrons. The normalized spacial score (nSPS) is 13.7. The van der Waals surface area contributed by atoms with Crippen molar-refractivity contribution in [1.29, 1.82) is 0 Å². The Morgan fingerprint density at radius 3 is 2.88 bits per heavy atom. The Morgan fingerprint density at radius 1 is 1.21 bits per heavy atom. The molecule has 2 aromatic carbocycles. The second-order valence-corrected chi connectivity index (χ2v) is 6.27. The Balaban J connectivity index is 1.40. The number of rotatable bonds is 7. The van der Waals surface area contributed by atoms with Crippen LogP contribution in [0.25, 0.3) is 0 Å². The minimum absolute atomic E-state index is 0.0207. The molecule has 1 atom stereocenters. The van der Waals surface area contributed by atoms with E-state index in [2.05, 4.69) is 28.8 Å². The van der Waals surface area contributed by atoms with Crippen molar-refractivity contribution in [2.45, 2.75) is 32.2 Å². The third-order valence-electron chi connectivity index (χ3n) is 4.26. The van der Waals surface area contributed by atoms with Crippen LogP contribution in [0.3, 0.4) is 0 Å². The molecule has 0 aliphatic carbocycles. The van der Waals surface area contributed by atoms with E-state index in [-0.39, 0.29) is 18.5 Å². The van der Waals surface area contributed by atoms with E-state index in [0.29, 0.717) is 0 Å². The average Bonchev–Trinajstić information content (AvgIpc) is 3.07. The smallest absolute Gasteiger partial charge is 0.239 e. The maximum Gasteiger partial charge on any atom is 0.239 e. The maximum atomic E-state index is 12.1. The lowest BCUT2D eigenvalue weighted by molar-refractivity contribution is -0.120. The van der Waals surface area contributed by atoms with Gasteiger partial charge in [0.25, 0.3) is 0 Å². The van der Waals surface area contributed by atoms with Crippen LogP contribution in [0.4, 0.5) is 5.69 Å². The van der Waals surface area contributed by atoms with E-state index >= 15 is 0 Å². The van der Waals surface area contributed by atoms with Gasteiger partial charge in [0.05, 0.1) is 13.2 Å². The van der Waals surface area contributed by atoms with Gasteiger partial charge in [-0.15, -0.1) is 0 Å². The van der Waals surface area contributed by atoms with Gasteiger partial charge in [-0.05, 0) is 49.1 Å². The van der Waals surface area contributed by atoms with Crippen molar-refractivity contribution in [3.05, 3.63) is 59.7 Å². The molecular formula is C20H24N2O2. The second kappa shape index (κ2) is 7.86. The molecule has 0 fully saturated rings. The molecule has 1 aliphatic heterocycles. The summed E-state index contributed by atoms with van der Waals surface area (Å²) in [7, 11) is 0. The zero-order chi connectivity index (χ0) is 16.8. The molecule has 2 N–H and O–H groups in total. The summed E-state index contributed by atoms with van der Waals surface area (Å²) in [5.41, 5.74) is 3.47. The first-order chi connectivity index (χ1) is 11.7. The Morgan fingerprint density at radius 2 is 2.04 bits per heavy atom. The first-order valence-electron chi connectivity index (χ1n) is 8.53. The molecule has 3 rings (SSSR count). The lowest BCUT2D eigenvalue weighted by Crippen LogP contribution is -2.36. The van der Waals surface area contributed by atoms with E-state index in [1.807, 2.05) is 37.3 Å². The van der Waals surface area contributed by atoms with E-state index < -0.39 is 0 Å². The van der Waals surface area contributed by atoms with Crippen LogP contribution in [0, 0.1) is 0 Å². The largest absolute Gasteiger partial charge is 0.493 e. The number of fused-ring (bicyclic) bond motifs is 1. The quantitative estimate of drug-likeness (QED) is 0.822. The average molecular weight is 324 g/mol. The number of aryl methyl sites for hydroxylation is 1. The van der Waals surface area contributed by atoms with E-state index in [0.717, 1.165) is 37.3 Å². The van der Waals surface area contributed by atoms with Crippen molar-refractivity contribution in [3.8, 4) is 5.75 Å². The number of amides is 1. The highest BCUT2D eigenvalue weighted by atomic mass is 16.5. The molecule has 0 saturated heterocycles. The minimum atomic E-state index is 0.0207. The fourth-order valence-corrected chi connectivity index (χ4v) is 2.90. The van der Waals surface area contributed by atoms with Crippen molar-refractivity contribution in [2.75, 3.05) is 18.5 Å². The number of ether oxygens (including phenoxy) is 1. The van der Waals surface area contributed by atoms with Gasteiger partial charge >= 0.3 is 0 Å². The standard InChI is InChI=1S/C20H24N2O2/c1-15(7-8-16-5-3-2-4-6-16)22-20(23)14-21-18-9-10-19-17(13-18)11-12-24-19/h2-6,9-10,13,15,21H,7-8,11-12,14H2,1H3,(H,22,23)/t15-/m0/s1. The third-order valence-corrected chi connectivity index (χ3v) is 4.26. The fourth-order valence-electron chi connectivity index (χ4n) is 2.90. The molecule has 1 aliphatic rings. The van der Waals surface area contributed by atoms with Crippen LogP contribution in [0.2, 0.25) is 0 Å². The Bertz CT molecular complexity index is 685. The molecule has 0 bridgehead atoms. The number of benzene rings is 2. The van der Waals surface area contributed by atoms with Crippen LogP contribution in [0.5, 0.6) is 5.75 Å². The van der Waals surface area contributed by atoms with Gasteiger partial charge < -0.3 is 15.4 Å². The predicted octanol–water partition coefficient (Wildman–Crippen LogP) is 3.17. The van der Waals surface area contributed by atoms with Gasteiger partial charge in [0.1, 0.15) is 5.75 Å². The molecule has 1 amide bonds. The lowest BCUT2D eigenvalue weighted by Gasteiger charge is -2.15. The summed E-state index contributed by atoms with van der Waals surface area (Å²) in [6.45, 7) is 3.08. The first-order valence-corrected chi connectivity index (χ1v) is 8.53. The number of carbonyl (C=O) groups excluding carboxylic acids is 1. The summed E-state index contributed by atoms with van der Waals surface area (Å²) in [5.74, 6) is 0.979. The van der Waals surface area contributed by atoms with Crippen LogP contribution in [0.15, 0.2) is 48.5 Å². The monoisotopic (exact) mass is 324 g/mol. The number of hydrogen-bond acceptors (Lipinski definition) is 3. The summed E-state index contributed by atoms with van der Waals surface area (Å²) in [5, 5.41) is 6.23. The Kier molecular flexibility index (Phi) is 5.36. The third kappa shape index (κ3) is 4.51. The number of nitrogens with one attached hydrogen (secondary N) is 2. The van der Waals surface area contributed by atoms with Crippen molar-refractivity contribution >= 4 is 11.6 Å². The highest BCUT2D eigenvalue weighted by molar-refractivity contribution is 5.81. The zero-order valence-electron chi connectivity index (χ0n) is 14.0. The summed E-state index contributed by atoms with van der Waals surface area (Å²) in [6, 6.07) is 16.5. The van der Waals surface area contributed by atoms with Gasteiger partial charge in [-0.1, -0.05) is 30.3 Å². The molecule has 0 spiro atoms. The maximum absolute atomic E-state index is 12.1. The molecule has 4 nitrogen and oxygen atoms in total. The van der Waals surface area contributed by atoms with E-state index in [1.54, 1.807) is 0 Å². The molecule has 0 aromatic heterocycles. The molecule has 0 unspecified atom stereocenters. The Labute approximate surface area is 143 Å². The van der Waals surface area contributed by atoms with Gasteiger partial charge in [-0.25, -0.2) is 0 Å². The highest BCUT2D eigenvalue weighted by Crippen LogP contribution is 2.27. The van der Waals surface area contributed by atoms with Gasteiger partial charge in [0.15, 0.2) is 0 Å². The minimum Gasteiger partial charge on any atom is -0.493 e. The summed E-state index contributed by atoms with van der Waals surface area (Å²) in [4.78, 5) is 12.1. The molecule has 4 heteroatoms. The number of hydrogen-bond donors (Lipinski definition) is 2. The van der Waals surface area contributed by atoms with Gasteiger partial charge in [-0.2, -0.15) is 0 Å². The van der Waals surface area contributed by atoms with Crippen molar-refractivity contribution in [1.82, 2.24) is 5.32 Å². The Hall–Kier alpha value is -2.49. The van der Waals surface area contributed by atoms with Gasteiger partial charge in [-0.3, -0.25) is 4.79 Å². The van der Waals surface area contributed by atoms with E-state index in [9.17, 15) is 4.79 Å². The first kappa shape index (κ1) is 16.4. The second-order valence-electron chi connectivity index (χ2n) is 6.27. The van der Waals surface area contributed by atoms with Crippen LogP contribution < -0.4 is 15.4 Å². The van der Waals surface area contributed by atoms with Crippen LogP contribution in [0.1, 0.15) is 24.5 Å². The number of anilines is 1. The van der Waals surface area contributed by atoms with E-state index in [4.69, 9.17) is 4.74 Å². The molecule has 1 heterocycles. The SMILES string of the molecule is C[C@@H](CCc1ccccc1)NC(=O)CNc1ccc2c(c1)CCO2. The molecule has 24 heavy (non-hydrogen) atoms. The molecule has 0 radical (unpaired) electrons. The predicted molar refractivity (Wildman–Crippen MR) is 96.5 cm³/mol. The van der Waals surface area contributed by atoms with Crippen molar-refractivity contribution < 1.29 is 9.53 Å². The molecule has 2 aromatic rings.